The molecular formula is C25H25N5OS. The molecule has 0 saturated carbocycles. The molecule has 0 aliphatic rings. The van der Waals surface area contributed by atoms with Gasteiger partial charge in [0.25, 0.3) is 0 Å². The van der Waals surface area contributed by atoms with Gasteiger partial charge < -0.3 is 4.90 Å². The molecular weight excluding hydrogens is 418 g/mol. The number of aryl methyl sites for hydroxylation is 1. The fourth-order valence-corrected chi connectivity index (χ4v) is 4.37. The molecule has 0 unspecified atom stereocenters. The highest BCUT2D eigenvalue weighted by molar-refractivity contribution is 8.00. The Labute approximate surface area is 192 Å². The fraction of sp³-hybridized carbons (Fsp3) is 0.200. The van der Waals surface area contributed by atoms with Crippen LogP contribution in [0.15, 0.2) is 90.1 Å². The number of aromatic nitrogens is 4. The lowest BCUT2D eigenvalue weighted by Gasteiger charge is -2.26. The molecule has 0 spiro atoms. The highest BCUT2D eigenvalue weighted by atomic mass is 32.2. The van der Waals surface area contributed by atoms with Crippen molar-refractivity contribution in [3.8, 4) is 5.69 Å². The van der Waals surface area contributed by atoms with Crippen molar-refractivity contribution in [3.05, 3.63) is 102 Å². The summed E-state index contributed by atoms with van der Waals surface area (Å²) in [6, 6.07) is 28.0. The third-order valence-electron chi connectivity index (χ3n) is 5.16. The number of hydrogen-bond donors (Lipinski definition) is 0. The molecule has 0 N–H and O–H groups in total. The maximum absolute atomic E-state index is 13.5. The number of nitrogens with zero attached hydrogens (tertiary/aromatic N) is 5. The normalized spacial score (nSPS) is 11.8. The lowest BCUT2D eigenvalue weighted by molar-refractivity contribution is -0.131. The number of carbonyl (C=O) groups is 1. The first-order valence-electron chi connectivity index (χ1n) is 10.5. The maximum Gasteiger partial charge on any atom is 0.236 e. The standard InChI is InChI=1S/C25H25N5OS/c1-19-11-9-10-16-23(19)30-25(26-27-28-30)32-20(2)24(31)29(17-21-12-5-3-6-13-21)18-22-14-7-4-8-15-22/h3-16,20H,17-18H2,1-2H3/t20-/m0/s1. The number of para-hydroxylation sites is 1. The molecule has 1 atom stereocenters. The minimum atomic E-state index is -0.351. The lowest BCUT2D eigenvalue weighted by Crippen LogP contribution is -2.35. The van der Waals surface area contributed by atoms with Gasteiger partial charge in [-0.1, -0.05) is 90.6 Å². The van der Waals surface area contributed by atoms with Crippen LogP contribution in [0.2, 0.25) is 0 Å². The van der Waals surface area contributed by atoms with E-state index in [-0.39, 0.29) is 11.2 Å². The van der Waals surface area contributed by atoms with Crippen molar-refractivity contribution in [2.45, 2.75) is 37.3 Å². The Morgan fingerprint density at radius 2 is 1.47 bits per heavy atom. The van der Waals surface area contributed by atoms with Gasteiger partial charge in [-0.3, -0.25) is 4.79 Å². The van der Waals surface area contributed by atoms with E-state index in [0.717, 1.165) is 22.4 Å². The Morgan fingerprint density at radius 3 is 2.06 bits per heavy atom. The highest BCUT2D eigenvalue weighted by Gasteiger charge is 2.25. The van der Waals surface area contributed by atoms with E-state index in [4.69, 9.17) is 0 Å². The minimum Gasteiger partial charge on any atom is -0.333 e. The third kappa shape index (κ3) is 5.23. The molecule has 4 rings (SSSR count). The van der Waals surface area contributed by atoms with Crippen molar-refractivity contribution >= 4 is 17.7 Å². The van der Waals surface area contributed by atoms with Crippen LogP contribution in [0.25, 0.3) is 5.69 Å². The second-order valence-electron chi connectivity index (χ2n) is 7.59. The summed E-state index contributed by atoms with van der Waals surface area (Å²) in [6.45, 7) is 5.01. The predicted molar refractivity (Wildman–Crippen MR) is 126 cm³/mol. The second-order valence-corrected chi connectivity index (χ2v) is 8.89. The second kappa shape index (κ2) is 10.2. The molecule has 1 heterocycles. The van der Waals surface area contributed by atoms with E-state index in [1.807, 2.05) is 104 Å². The van der Waals surface area contributed by atoms with Gasteiger partial charge in [0.05, 0.1) is 10.9 Å². The van der Waals surface area contributed by atoms with Crippen molar-refractivity contribution in [2.75, 3.05) is 0 Å². The van der Waals surface area contributed by atoms with Crippen LogP contribution in [0.1, 0.15) is 23.6 Å². The Kier molecular flexibility index (Phi) is 6.97. The van der Waals surface area contributed by atoms with Crippen LogP contribution >= 0.6 is 11.8 Å². The molecule has 0 radical (unpaired) electrons. The molecule has 1 aromatic heterocycles. The van der Waals surface area contributed by atoms with Crippen molar-refractivity contribution < 1.29 is 4.79 Å². The van der Waals surface area contributed by atoms with Gasteiger partial charge in [0.15, 0.2) is 0 Å². The van der Waals surface area contributed by atoms with Crippen LogP contribution in [0.4, 0.5) is 0 Å². The van der Waals surface area contributed by atoms with E-state index in [9.17, 15) is 4.79 Å². The maximum atomic E-state index is 13.5. The number of carbonyl (C=O) groups excluding carboxylic acids is 1. The monoisotopic (exact) mass is 443 g/mol. The zero-order valence-electron chi connectivity index (χ0n) is 18.1. The molecule has 3 aromatic carbocycles. The molecule has 0 saturated heterocycles. The smallest absolute Gasteiger partial charge is 0.236 e. The number of amides is 1. The van der Waals surface area contributed by atoms with Gasteiger partial charge in [-0.15, -0.1) is 5.10 Å². The first-order chi connectivity index (χ1) is 15.6. The molecule has 0 bridgehead atoms. The number of hydrogen-bond acceptors (Lipinski definition) is 5. The van der Waals surface area contributed by atoms with E-state index in [2.05, 4.69) is 15.5 Å². The van der Waals surface area contributed by atoms with Crippen molar-refractivity contribution in [1.82, 2.24) is 25.1 Å². The summed E-state index contributed by atoms with van der Waals surface area (Å²) in [7, 11) is 0. The zero-order chi connectivity index (χ0) is 22.3. The first-order valence-corrected chi connectivity index (χ1v) is 11.4. The quantitative estimate of drug-likeness (QED) is 0.370. The van der Waals surface area contributed by atoms with Crippen LogP contribution in [0.3, 0.4) is 0 Å². The molecule has 7 heteroatoms. The SMILES string of the molecule is Cc1ccccc1-n1nnnc1S[C@@H](C)C(=O)N(Cc1ccccc1)Cc1ccccc1. The number of thioether (sulfide) groups is 1. The molecule has 0 aliphatic carbocycles. The summed E-state index contributed by atoms with van der Waals surface area (Å²) in [6.07, 6.45) is 0. The van der Waals surface area contributed by atoms with E-state index < -0.39 is 0 Å². The fourth-order valence-electron chi connectivity index (χ4n) is 3.49. The molecule has 162 valence electrons. The summed E-state index contributed by atoms with van der Waals surface area (Å²) in [5.41, 5.74) is 4.16. The minimum absolute atomic E-state index is 0.0436. The van der Waals surface area contributed by atoms with Gasteiger partial charge in [-0.05, 0) is 47.0 Å². The van der Waals surface area contributed by atoms with E-state index in [1.54, 1.807) is 4.68 Å². The van der Waals surface area contributed by atoms with Gasteiger partial charge in [0, 0.05) is 13.1 Å². The average molecular weight is 444 g/mol. The number of tetrazole rings is 1. The van der Waals surface area contributed by atoms with Crippen LogP contribution < -0.4 is 0 Å². The summed E-state index contributed by atoms with van der Waals surface area (Å²) in [5.74, 6) is 0.0436. The summed E-state index contributed by atoms with van der Waals surface area (Å²) in [4.78, 5) is 15.4. The highest BCUT2D eigenvalue weighted by Crippen LogP contribution is 2.26. The zero-order valence-corrected chi connectivity index (χ0v) is 18.9. The van der Waals surface area contributed by atoms with Crippen LogP contribution in [0.5, 0.6) is 0 Å². The van der Waals surface area contributed by atoms with Gasteiger partial charge in [0.1, 0.15) is 0 Å². The largest absolute Gasteiger partial charge is 0.333 e. The molecule has 1 amide bonds. The van der Waals surface area contributed by atoms with Gasteiger partial charge in [-0.25, -0.2) is 0 Å². The van der Waals surface area contributed by atoms with Crippen LogP contribution in [-0.2, 0) is 17.9 Å². The molecule has 6 nitrogen and oxygen atoms in total. The van der Waals surface area contributed by atoms with Crippen molar-refractivity contribution in [1.29, 1.82) is 0 Å². The Bertz CT molecular complexity index is 1120. The van der Waals surface area contributed by atoms with E-state index >= 15 is 0 Å². The van der Waals surface area contributed by atoms with Gasteiger partial charge in [-0.2, -0.15) is 4.68 Å². The Morgan fingerprint density at radius 1 is 0.906 bits per heavy atom. The van der Waals surface area contributed by atoms with Gasteiger partial charge >= 0.3 is 0 Å². The predicted octanol–water partition coefficient (Wildman–Crippen LogP) is 4.68. The molecule has 32 heavy (non-hydrogen) atoms. The summed E-state index contributed by atoms with van der Waals surface area (Å²) >= 11 is 1.37. The Balaban J connectivity index is 1.54. The van der Waals surface area contributed by atoms with E-state index in [0.29, 0.717) is 18.2 Å². The first kappa shape index (κ1) is 21.8. The van der Waals surface area contributed by atoms with Crippen LogP contribution in [0, 0.1) is 6.92 Å². The Hall–Kier alpha value is -3.45. The van der Waals surface area contributed by atoms with E-state index in [1.165, 1.54) is 11.8 Å². The van der Waals surface area contributed by atoms with Gasteiger partial charge in [0.2, 0.25) is 11.1 Å². The average Bonchev–Trinajstić information content (AvgIpc) is 3.27. The molecule has 0 aliphatic heterocycles. The molecule has 4 aromatic rings. The topological polar surface area (TPSA) is 63.9 Å². The third-order valence-corrected chi connectivity index (χ3v) is 6.18. The summed E-state index contributed by atoms with van der Waals surface area (Å²) in [5, 5.41) is 12.4. The number of rotatable bonds is 8. The lowest BCUT2D eigenvalue weighted by atomic mass is 10.1. The van der Waals surface area contributed by atoms with Crippen molar-refractivity contribution in [3.63, 3.8) is 0 Å². The number of benzene rings is 3. The van der Waals surface area contributed by atoms with Crippen molar-refractivity contribution in [2.24, 2.45) is 0 Å². The van der Waals surface area contributed by atoms with Crippen LogP contribution in [-0.4, -0.2) is 36.3 Å². The molecule has 0 fully saturated rings. The summed E-state index contributed by atoms with van der Waals surface area (Å²) < 4.78 is 1.70.